The summed E-state index contributed by atoms with van der Waals surface area (Å²) in [6.45, 7) is 9.57. The molecule has 5 atom stereocenters. The van der Waals surface area contributed by atoms with Gasteiger partial charge in [-0.25, -0.2) is 9.13 Å². The number of hydrogen-bond donors (Lipinski definition) is 3. The first-order chi connectivity index (χ1) is 49.4. The Hall–Kier alpha value is -2.46. The van der Waals surface area contributed by atoms with Crippen LogP contribution in [0.25, 0.3) is 0 Å². The first kappa shape index (κ1) is 99.5. The summed E-state index contributed by atoms with van der Waals surface area (Å²) in [5, 5.41) is 10.7. The smallest absolute Gasteiger partial charge is 0.462 e. The van der Waals surface area contributed by atoms with Gasteiger partial charge in [-0.2, -0.15) is 0 Å². The van der Waals surface area contributed by atoms with E-state index in [4.69, 9.17) is 37.0 Å². The molecule has 102 heavy (non-hydrogen) atoms. The highest BCUT2D eigenvalue weighted by Crippen LogP contribution is 2.45. The topological polar surface area (TPSA) is 237 Å². The molecule has 0 radical (unpaired) electrons. The third kappa shape index (κ3) is 75.8. The average Bonchev–Trinajstić information content (AvgIpc) is 0.975. The van der Waals surface area contributed by atoms with Gasteiger partial charge in [0, 0.05) is 25.7 Å². The largest absolute Gasteiger partial charge is 0.472 e. The molecule has 0 aromatic carbocycles. The average molecular weight is 1490 g/mol. The van der Waals surface area contributed by atoms with Crippen molar-refractivity contribution in [3.05, 3.63) is 24.3 Å². The van der Waals surface area contributed by atoms with Crippen molar-refractivity contribution in [1.82, 2.24) is 0 Å². The van der Waals surface area contributed by atoms with Crippen LogP contribution >= 0.6 is 15.6 Å². The molecule has 0 fully saturated rings. The highest BCUT2D eigenvalue weighted by molar-refractivity contribution is 7.47. The molecule has 0 rings (SSSR count). The van der Waals surface area contributed by atoms with E-state index in [1.807, 2.05) is 0 Å². The fourth-order valence-corrected chi connectivity index (χ4v) is 13.9. The van der Waals surface area contributed by atoms with E-state index in [0.717, 1.165) is 121 Å². The van der Waals surface area contributed by atoms with E-state index >= 15 is 0 Å². The third-order valence-electron chi connectivity index (χ3n) is 18.8. The Morgan fingerprint density at radius 2 is 0.529 bits per heavy atom. The third-order valence-corrected chi connectivity index (χ3v) is 20.7. The fourth-order valence-electron chi connectivity index (χ4n) is 12.3. The van der Waals surface area contributed by atoms with E-state index in [9.17, 15) is 43.2 Å². The molecule has 0 amide bonds. The zero-order valence-electron chi connectivity index (χ0n) is 66.4. The number of hydrogen-bond acceptors (Lipinski definition) is 15. The van der Waals surface area contributed by atoms with Crippen molar-refractivity contribution >= 4 is 39.5 Å². The van der Waals surface area contributed by atoms with Crippen LogP contribution < -0.4 is 0 Å². The molecule has 0 aromatic rings. The number of unbranched alkanes of at least 4 members (excludes halogenated alkanes) is 47. The number of aliphatic hydroxyl groups excluding tert-OH is 1. The van der Waals surface area contributed by atoms with Crippen LogP contribution in [-0.2, 0) is 65.4 Å². The van der Waals surface area contributed by atoms with Gasteiger partial charge in [-0.3, -0.25) is 37.3 Å². The van der Waals surface area contributed by atoms with Crippen LogP contribution in [0.2, 0.25) is 0 Å². The molecule has 0 aromatic heterocycles. The summed E-state index contributed by atoms with van der Waals surface area (Å²) in [6, 6.07) is 0. The molecule has 19 heteroatoms. The van der Waals surface area contributed by atoms with Crippen molar-refractivity contribution in [2.75, 3.05) is 39.6 Å². The SMILES string of the molecule is CCCCCC/C=C\C=C/CCCCCCCC(=O)O[C@H](COC(=O)CCCCCCCCCCC(C)C)COP(=O)(O)OC[C@H](O)COP(=O)(O)OC[C@@H](COC(=O)CCCCCCCCCCCCCCCCCCCC)OC(=O)CCCCCCCCCCCCCCCCCC(C)C. The number of phosphoric ester groups is 2. The lowest BCUT2D eigenvalue weighted by Gasteiger charge is -2.21. The van der Waals surface area contributed by atoms with E-state index in [2.05, 4.69) is 65.8 Å². The second-order valence-electron chi connectivity index (χ2n) is 30.1. The Labute approximate surface area is 624 Å². The summed E-state index contributed by atoms with van der Waals surface area (Å²) in [4.78, 5) is 73.1. The monoisotopic (exact) mass is 1490 g/mol. The summed E-state index contributed by atoms with van der Waals surface area (Å²) in [6.07, 6.45) is 67.4. The molecule has 0 aliphatic carbocycles. The van der Waals surface area contributed by atoms with Crippen LogP contribution in [0.1, 0.15) is 414 Å². The van der Waals surface area contributed by atoms with Crippen LogP contribution in [0.5, 0.6) is 0 Å². The normalized spacial score (nSPS) is 14.0. The Balaban J connectivity index is 5.28. The van der Waals surface area contributed by atoms with Crippen LogP contribution in [0, 0.1) is 11.8 Å². The second-order valence-corrected chi connectivity index (χ2v) is 33.0. The number of aliphatic hydroxyl groups is 1. The van der Waals surface area contributed by atoms with Crippen molar-refractivity contribution < 1.29 is 80.2 Å². The Morgan fingerprint density at radius 3 is 0.804 bits per heavy atom. The lowest BCUT2D eigenvalue weighted by Crippen LogP contribution is -2.30. The number of ether oxygens (including phenoxy) is 4. The maximum atomic E-state index is 13.1. The Morgan fingerprint density at radius 1 is 0.304 bits per heavy atom. The van der Waals surface area contributed by atoms with Gasteiger partial charge < -0.3 is 33.8 Å². The highest BCUT2D eigenvalue weighted by atomic mass is 31.2. The van der Waals surface area contributed by atoms with Gasteiger partial charge in [0.2, 0.25) is 0 Å². The minimum atomic E-state index is -4.97. The molecule has 602 valence electrons. The minimum Gasteiger partial charge on any atom is -0.462 e. The molecule has 0 aliphatic rings. The first-order valence-corrected chi connectivity index (χ1v) is 45.3. The quantitative estimate of drug-likeness (QED) is 0.0169. The molecule has 0 saturated carbocycles. The molecule has 0 spiro atoms. The van der Waals surface area contributed by atoms with Crippen molar-refractivity contribution in [1.29, 1.82) is 0 Å². The zero-order chi connectivity index (χ0) is 74.9. The van der Waals surface area contributed by atoms with Gasteiger partial charge in [0.1, 0.15) is 19.3 Å². The number of carbonyl (C=O) groups is 4. The van der Waals surface area contributed by atoms with Gasteiger partial charge in [0.05, 0.1) is 26.4 Å². The van der Waals surface area contributed by atoms with Gasteiger partial charge in [-0.15, -0.1) is 0 Å². The van der Waals surface area contributed by atoms with Crippen molar-refractivity contribution in [2.24, 2.45) is 11.8 Å². The van der Waals surface area contributed by atoms with Crippen LogP contribution in [0.3, 0.4) is 0 Å². The molecular weight excluding hydrogens is 1330 g/mol. The maximum absolute atomic E-state index is 13.1. The summed E-state index contributed by atoms with van der Waals surface area (Å²) in [7, 11) is -9.94. The zero-order valence-corrected chi connectivity index (χ0v) is 68.2. The van der Waals surface area contributed by atoms with E-state index in [1.165, 1.54) is 212 Å². The number of rotatable bonds is 80. The van der Waals surface area contributed by atoms with E-state index < -0.39 is 97.5 Å². The van der Waals surface area contributed by atoms with Crippen molar-refractivity contribution in [3.8, 4) is 0 Å². The molecule has 0 bridgehead atoms. The van der Waals surface area contributed by atoms with E-state index in [1.54, 1.807) is 0 Å². The molecule has 2 unspecified atom stereocenters. The minimum absolute atomic E-state index is 0.0847. The molecule has 3 N–H and O–H groups in total. The van der Waals surface area contributed by atoms with Crippen LogP contribution in [-0.4, -0.2) is 96.7 Å². The van der Waals surface area contributed by atoms with Gasteiger partial charge in [0.25, 0.3) is 0 Å². The maximum Gasteiger partial charge on any atom is 0.472 e. The standard InChI is InChI=1S/C83H158O17P2/c1-7-9-11-13-15-17-19-21-23-24-25-29-32-36-40-47-53-59-65-80(85)93-71-78(99-82(87)68-62-56-50-42-38-34-30-26-28-31-35-39-45-51-57-63-75(3)4)73-97-101(89,90)95-69-77(84)70-96-102(91,92)98-74-79(72-94-81(86)66-60-54-48-44-43-46-52-58-64-76(5)6)100-83(88)67-61-55-49-41-37-33-27-22-20-18-16-14-12-10-8-2/h18,20,22,27,75-79,84H,7-17,19,21,23-26,28-74H2,1-6H3,(H,89,90)(H,91,92)/b20-18-,27-22-/t77-,78-,79-/m1/s1. The van der Waals surface area contributed by atoms with Crippen LogP contribution in [0.15, 0.2) is 24.3 Å². The second kappa shape index (κ2) is 74.0. The molecule has 0 saturated heterocycles. The molecule has 0 heterocycles. The summed E-state index contributed by atoms with van der Waals surface area (Å²) < 4.78 is 68.7. The summed E-state index contributed by atoms with van der Waals surface area (Å²) in [5.74, 6) is -0.612. The molecule has 17 nitrogen and oxygen atoms in total. The van der Waals surface area contributed by atoms with Gasteiger partial charge >= 0.3 is 39.5 Å². The number of esters is 4. The fraction of sp³-hybridized carbons (Fsp3) is 0.904. The number of phosphoric acid groups is 2. The summed E-state index contributed by atoms with van der Waals surface area (Å²) in [5.41, 5.74) is 0. The van der Waals surface area contributed by atoms with Crippen molar-refractivity contribution in [3.63, 3.8) is 0 Å². The predicted molar refractivity (Wildman–Crippen MR) is 418 cm³/mol. The highest BCUT2D eigenvalue weighted by Gasteiger charge is 2.30. The summed E-state index contributed by atoms with van der Waals surface area (Å²) >= 11 is 0. The van der Waals surface area contributed by atoms with Gasteiger partial charge in [-0.05, 0) is 63.2 Å². The number of carbonyl (C=O) groups excluding carboxylic acids is 4. The predicted octanol–water partition coefficient (Wildman–Crippen LogP) is 24.6. The first-order valence-electron chi connectivity index (χ1n) is 42.3. The molecule has 0 aliphatic heterocycles. The Kier molecular flexibility index (Phi) is 72.2. The van der Waals surface area contributed by atoms with Crippen LogP contribution in [0.4, 0.5) is 0 Å². The van der Waals surface area contributed by atoms with Gasteiger partial charge in [-0.1, -0.05) is 361 Å². The lowest BCUT2D eigenvalue weighted by molar-refractivity contribution is -0.161. The number of allylic oxidation sites excluding steroid dienone is 4. The van der Waals surface area contributed by atoms with Crippen molar-refractivity contribution in [2.45, 2.75) is 432 Å². The van der Waals surface area contributed by atoms with Gasteiger partial charge in [0.15, 0.2) is 12.2 Å². The Bertz CT molecular complexity index is 2050. The van der Waals surface area contributed by atoms with E-state index in [-0.39, 0.29) is 25.7 Å². The molecular formula is C83H158O17P2. The lowest BCUT2D eigenvalue weighted by atomic mass is 10.0. The van der Waals surface area contributed by atoms with E-state index in [0.29, 0.717) is 25.7 Å².